The van der Waals surface area contributed by atoms with Gasteiger partial charge >= 0.3 is 19.8 Å². The molecule has 0 aliphatic rings. The molecule has 0 aromatic carbocycles. The molecule has 0 rings (SSSR count). The molecule has 58 heavy (non-hydrogen) atoms. The molecule has 2 unspecified atom stereocenters. The number of esters is 2. The fraction of sp³-hybridized carbons (Fsp3) is 0.958. The van der Waals surface area contributed by atoms with Gasteiger partial charge in [-0.25, -0.2) is 4.57 Å². The second-order valence-electron chi connectivity index (χ2n) is 18.2. The molecule has 0 aliphatic heterocycles. The molecule has 2 atom stereocenters. The zero-order valence-corrected chi connectivity index (χ0v) is 40.0. The molecule has 0 heterocycles. The lowest BCUT2D eigenvalue weighted by molar-refractivity contribution is -0.870. The maximum absolute atomic E-state index is 12.7. The first kappa shape index (κ1) is 57.0. The van der Waals surface area contributed by atoms with Crippen LogP contribution in [0.15, 0.2) is 0 Å². The zero-order valence-electron chi connectivity index (χ0n) is 39.1. The quantitative estimate of drug-likeness (QED) is 0.0279. The van der Waals surface area contributed by atoms with E-state index in [0.717, 1.165) is 38.5 Å². The summed E-state index contributed by atoms with van der Waals surface area (Å²) in [6.07, 6.45) is 43.0. The number of nitrogens with zero attached hydrogens (tertiary/aromatic N) is 1. The Bertz CT molecular complexity index is 958. The molecular formula is C48H97NO8P+. The predicted octanol–water partition coefficient (Wildman–Crippen LogP) is 14.4. The minimum absolute atomic E-state index is 0.0370. The van der Waals surface area contributed by atoms with Crippen LogP contribution in [0.5, 0.6) is 0 Å². The van der Waals surface area contributed by atoms with Crippen LogP contribution in [0.4, 0.5) is 0 Å². The molecule has 0 saturated heterocycles. The van der Waals surface area contributed by atoms with Gasteiger partial charge in [-0.1, -0.05) is 219 Å². The number of phosphoric acid groups is 1. The van der Waals surface area contributed by atoms with E-state index in [-0.39, 0.29) is 25.6 Å². The van der Waals surface area contributed by atoms with Gasteiger partial charge in [-0.05, 0) is 12.8 Å². The summed E-state index contributed by atoms with van der Waals surface area (Å²) in [6, 6.07) is 0. The fourth-order valence-electron chi connectivity index (χ4n) is 7.25. The number of quaternary nitrogens is 1. The number of carbonyl (C=O) groups is 2. The van der Waals surface area contributed by atoms with E-state index in [4.69, 9.17) is 18.5 Å². The molecule has 0 aliphatic carbocycles. The summed E-state index contributed by atoms with van der Waals surface area (Å²) in [5.74, 6) is -0.781. The van der Waals surface area contributed by atoms with Gasteiger partial charge in [-0.2, -0.15) is 0 Å². The second kappa shape index (κ2) is 41.4. The highest BCUT2D eigenvalue weighted by Crippen LogP contribution is 2.43. The SMILES string of the molecule is CCCCCCCCCCCCCCCCCCCCCCCCC(=O)OC(COC(=O)CCCCCCCCCCCCCC)COP(=O)(O)OCC[N+](C)(C)C. The molecule has 1 N–H and O–H groups in total. The summed E-state index contributed by atoms with van der Waals surface area (Å²) in [5.41, 5.74) is 0. The fourth-order valence-corrected chi connectivity index (χ4v) is 7.99. The summed E-state index contributed by atoms with van der Waals surface area (Å²) in [4.78, 5) is 35.4. The number of rotatable bonds is 46. The first-order valence-electron chi connectivity index (χ1n) is 24.8. The van der Waals surface area contributed by atoms with E-state index in [1.54, 1.807) is 0 Å². The van der Waals surface area contributed by atoms with Crippen molar-refractivity contribution in [1.29, 1.82) is 0 Å². The minimum atomic E-state index is -4.37. The number of unbranched alkanes of at least 4 members (excludes halogenated alkanes) is 32. The van der Waals surface area contributed by atoms with Gasteiger partial charge in [-0.15, -0.1) is 0 Å². The van der Waals surface area contributed by atoms with Crippen LogP contribution in [0.2, 0.25) is 0 Å². The van der Waals surface area contributed by atoms with Crippen molar-refractivity contribution in [2.24, 2.45) is 0 Å². The van der Waals surface area contributed by atoms with Gasteiger partial charge in [-0.3, -0.25) is 18.6 Å². The van der Waals surface area contributed by atoms with Gasteiger partial charge in [0.2, 0.25) is 0 Å². The van der Waals surface area contributed by atoms with Crippen molar-refractivity contribution in [1.82, 2.24) is 0 Å². The number of hydrogen-bond donors (Lipinski definition) is 1. The van der Waals surface area contributed by atoms with E-state index in [9.17, 15) is 19.0 Å². The summed E-state index contributed by atoms with van der Waals surface area (Å²) < 4.78 is 34.4. The largest absolute Gasteiger partial charge is 0.472 e. The molecule has 0 aromatic rings. The topological polar surface area (TPSA) is 108 Å². The summed E-state index contributed by atoms with van der Waals surface area (Å²) in [5, 5.41) is 0. The van der Waals surface area contributed by atoms with Gasteiger partial charge in [0.05, 0.1) is 27.7 Å². The third-order valence-corrected chi connectivity index (χ3v) is 12.1. The number of hydrogen-bond acceptors (Lipinski definition) is 7. The molecule has 9 nitrogen and oxygen atoms in total. The zero-order chi connectivity index (χ0) is 42.8. The van der Waals surface area contributed by atoms with Crippen molar-refractivity contribution in [2.75, 3.05) is 47.5 Å². The van der Waals surface area contributed by atoms with Gasteiger partial charge in [0.15, 0.2) is 6.10 Å². The third-order valence-electron chi connectivity index (χ3n) is 11.1. The highest BCUT2D eigenvalue weighted by atomic mass is 31.2. The first-order valence-corrected chi connectivity index (χ1v) is 26.3. The van der Waals surface area contributed by atoms with Gasteiger partial charge < -0.3 is 18.9 Å². The minimum Gasteiger partial charge on any atom is -0.462 e. The average molecular weight is 847 g/mol. The Morgan fingerprint density at radius 3 is 1.10 bits per heavy atom. The maximum Gasteiger partial charge on any atom is 0.472 e. The van der Waals surface area contributed by atoms with Crippen LogP contribution in [-0.2, 0) is 32.7 Å². The summed E-state index contributed by atoms with van der Waals surface area (Å²) in [6.45, 7) is 4.47. The van der Waals surface area contributed by atoms with Crippen molar-refractivity contribution in [3.05, 3.63) is 0 Å². The molecular weight excluding hydrogens is 750 g/mol. The van der Waals surface area contributed by atoms with Crippen LogP contribution in [0.1, 0.15) is 245 Å². The van der Waals surface area contributed by atoms with Crippen LogP contribution in [0.3, 0.4) is 0 Å². The third kappa shape index (κ3) is 44.6. The molecule has 0 aromatic heterocycles. The van der Waals surface area contributed by atoms with Crippen molar-refractivity contribution < 1.29 is 42.1 Å². The Balaban J connectivity index is 4.17. The van der Waals surface area contributed by atoms with E-state index in [1.165, 1.54) is 180 Å². The Morgan fingerprint density at radius 1 is 0.466 bits per heavy atom. The Morgan fingerprint density at radius 2 is 0.776 bits per heavy atom. The van der Waals surface area contributed by atoms with Gasteiger partial charge in [0.25, 0.3) is 0 Å². The standard InChI is InChI=1S/C48H96NO8P/c1-6-8-10-12-14-16-18-20-21-22-23-24-25-26-27-28-29-31-33-35-37-39-41-48(51)57-46(45-56-58(52,53)55-43-42-49(3,4)5)44-54-47(50)40-38-36-34-32-30-19-17-15-13-11-9-7-2/h46H,6-45H2,1-5H3/p+1. The van der Waals surface area contributed by atoms with Crippen LogP contribution in [0.25, 0.3) is 0 Å². The summed E-state index contributed by atoms with van der Waals surface area (Å²) >= 11 is 0. The lowest BCUT2D eigenvalue weighted by Crippen LogP contribution is -2.37. The molecule has 0 bridgehead atoms. The van der Waals surface area contributed by atoms with Crippen LogP contribution < -0.4 is 0 Å². The van der Waals surface area contributed by atoms with Crippen molar-refractivity contribution in [3.8, 4) is 0 Å². The molecule has 0 amide bonds. The number of likely N-dealkylation sites (N-methyl/N-ethyl adjacent to an activating group) is 1. The highest BCUT2D eigenvalue weighted by molar-refractivity contribution is 7.47. The molecule has 0 radical (unpaired) electrons. The Hall–Kier alpha value is -0.990. The van der Waals surface area contributed by atoms with E-state index < -0.39 is 26.5 Å². The maximum atomic E-state index is 12.7. The number of carbonyl (C=O) groups excluding carboxylic acids is 2. The molecule has 346 valence electrons. The molecule has 0 saturated carbocycles. The monoisotopic (exact) mass is 847 g/mol. The molecule has 0 fully saturated rings. The van der Waals surface area contributed by atoms with Crippen molar-refractivity contribution >= 4 is 19.8 Å². The van der Waals surface area contributed by atoms with E-state index in [0.29, 0.717) is 17.4 Å². The van der Waals surface area contributed by atoms with E-state index >= 15 is 0 Å². The van der Waals surface area contributed by atoms with E-state index in [2.05, 4.69) is 13.8 Å². The number of ether oxygens (including phenoxy) is 2. The van der Waals surface area contributed by atoms with E-state index in [1.807, 2.05) is 21.1 Å². The van der Waals surface area contributed by atoms with Gasteiger partial charge in [0.1, 0.15) is 19.8 Å². The highest BCUT2D eigenvalue weighted by Gasteiger charge is 2.27. The average Bonchev–Trinajstić information content (AvgIpc) is 3.17. The molecule has 10 heteroatoms. The first-order chi connectivity index (χ1) is 28.0. The predicted molar refractivity (Wildman–Crippen MR) is 243 cm³/mol. The second-order valence-corrected chi connectivity index (χ2v) is 19.7. The lowest BCUT2D eigenvalue weighted by Gasteiger charge is -2.24. The van der Waals surface area contributed by atoms with Crippen molar-refractivity contribution in [2.45, 2.75) is 251 Å². The lowest BCUT2D eigenvalue weighted by atomic mass is 10.0. The number of phosphoric ester groups is 1. The summed E-state index contributed by atoms with van der Waals surface area (Å²) in [7, 11) is 1.50. The molecule has 0 spiro atoms. The van der Waals surface area contributed by atoms with Crippen molar-refractivity contribution in [3.63, 3.8) is 0 Å². The Kier molecular flexibility index (Phi) is 40.7. The normalized spacial score (nSPS) is 13.4. The van der Waals surface area contributed by atoms with Gasteiger partial charge in [0, 0.05) is 12.8 Å². The van der Waals surface area contributed by atoms with Crippen LogP contribution >= 0.6 is 7.82 Å². The van der Waals surface area contributed by atoms with Crippen LogP contribution in [0, 0.1) is 0 Å². The smallest absolute Gasteiger partial charge is 0.462 e. The Labute approximate surface area is 359 Å². The van der Waals surface area contributed by atoms with Crippen LogP contribution in [-0.4, -0.2) is 74.9 Å².